The molecule has 4 nitrogen and oxygen atoms in total. The summed E-state index contributed by atoms with van der Waals surface area (Å²) in [5, 5.41) is 0. The van der Waals surface area contributed by atoms with E-state index < -0.39 is 11.1 Å². The number of esters is 1. The Morgan fingerprint density at radius 1 is 1.21 bits per heavy atom. The molecule has 0 spiro atoms. The molecule has 1 aromatic carbocycles. The van der Waals surface area contributed by atoms with E-state index in [1.54, 1.807) is 0 Å². The van der Waals surface area contributed by atoms with Crippen LogP contribution in [0.5, 0.6) is 0 Å². The summed E-state index contributed by atoms with van der Waals surface area (Å²) in [4.78, 5) is 15.3. The number of likely N-dealkylation sites (tertiary alicyclic amines) is 1. The molecule has 0 aromatic heterocycles. The number of ether oxygens (including phenoxy) is 1. The Morgan fingerprint density at radius 2 is 1.79 bits per heavy atom. The monoisotopic (exact) mass is 330 g/mol. The van der Waals surface area contributed by atoms with Gasteiger partial charge in [0, 0.05) is 31.5 Å². The molecular weight excluding hydrogens is 300 g/mol. The molecule has 1 heterocycles. The minimum atomic E-state index is -0.821. The largest absolute Gasteiger partial charge is 0.459 e. The molecule has 2 bridgehead atoms. The summed E-state index contributed by atoms with van der Waals surface area (Å²) in [6.45, 7) is 8.41. The Balaban J connectivity index is 1.75. The lowest BCUT2D eigenvalue weighted by molar-refractivity contribution is -0.173. The number of carbonyl (C=O) groups is 1. The molecule has 0 amide bonds. The van der Waals surface area contributed by atoms with Gasteiger partial charge in [0.1, 0.15) is 11.1 Å². The van der Waals surface area contributed by atoms with E-state index in [2.05, 4.69) is 29.2 Å². The molecule has 132 valence electrons. The van der Waals surface area contributed by atoms with Crippen LogP contribution in [-0.2, 0) is 16.1 Å². The highest BCUT2D eigenvalue weighted by molar-refractivity contribution is 5.82. The number of rotatable bonds is 3. The molecule has 1 aliphatic heterocycles. The van der Waals surface area contributed by atoms with Crippen LogP contribution in [0.4, 0.5) is 0 Å². The lowest BCUT2D eigenvalue weighted by Crippen LogP contribution is -2.69. The fraction of sp³-hybridized carbons (Fsp3) is 0.650. The van der Waals surface area contributed by atoms with Gasteiger partial charge >= 0.3 is 5.97 Å². The van der Waals surface area contributed by atoms with Gasteiger partial charge in [-0.3, -0.25) is 9.69 Å². The highest BCUT2D eigenvalue weighted by Gasteiger charge is 2.55. The van der Waals surface area contributed by atoms with Crippen LogP contribution in [0.25, 0.3) is 0 Å². The predicted molar refractivity (Wildman–Crippen MR) is 95.3 cm³/mol. The second kappa shape index (κ2) is 6.49. The third kappa shape index (κ3) is 3.50. The van der Waals surface area contributed by atoms with Gasteiger partial charge < -0.3 is 10.5 Å². The van der Waals surface area contributed by atoms with Crippen LogP contribution in [0.3, 0.4) is 0 Å². The van der Waals surface area contributed by atoms with E-state index in [4.69, 9.17) is 10.5 Å². The van der Waals surface area contributed by atoms with E-state index in [0.29, 0.717) is 0 Å². The first-order valence-corrected chi connectivity index (χ1v) is 9.07. The molecular formula is C20H30N2O2. The quantitative estimate of drug-likeness (QED) is 0.866. The Morgan fingerprint density at radius 3 is 2.33 bits per heavy atom. The predicted octanol–water partition coefficient (Wildman–Crippen LogP) is 2.96. The molecule has 2 unspecified atom stereocenters. The first-order chi connectivity index (χ1) is 11.3. The molecule has 1 saturated carbocycles. The van der Waals surface area contributed by atoms with Gasteiger partial charge in [-0.05, 0) is 39.2 Å². The lowest BCUT2D eigenvalue weighted by Gasteiger charge is -2.52. The second-order valence-electron chi connectivity index (χ2n) is 8.44. The summed E-state index contributed by atoms with van der Waals surface area (Å²) >= 11 is 0. The van der Waals surface area contributed by atoms with E-state index in [1.807, 2.05) is 26.8 Å². The van der Waals surface area contributed by atoms with Crippen LogP contribution in [-0.4, -0.2) is 35.1 Å². The molecule has 2 N–H and O–H groups in total. The minimum absolute atomic E-state index is 0.184. The molecule has 0 radical (unpaired) electrons. The van der Waals surface area contributed by atoms with E-state index in [-0.39, 0.29) is 17.8 Å². The number of nitrogens with two attached hydrogens (primary N) is 1. The van der Waals surface area contributed by atoms with Gasteiger partial charge in [0.2, 0.25) is 0 Å². The van der Waals surface area contributed by atoms with E-state index in [1.165, 1.54) is 5.56 Å². The number of fused-ring (bicyclic) bond motifs is 2. The fourth-order valence-electron chi connectivity index (χ4n) is 4.27. The zero-order chi connectivity index (χ0) is 17.4. The zero-order valence-corrected chi connectivity index (χ0v) is 15.1. The summed E-state index contributed by atoms with van der Waals surface area (Å²) in [7, 11) is 0. The van der Waals surface area contributed by atoms with E-state index in [0.717, 1.165) is 38.9 Å². The molecule has 1 saturated heterocycles. The highest BCUT2D eigenvalue weighted by Crippen LogP contribution is 2.43. The average molecular weight is 330 g/mol. The molecule has 3 rings (SSSR count). The van der Waals surface area contributed by atoms with Crippen LogP contribution in [0, 0.1) is 11.8 Å². The molecule has 4 heteroatoms. The van der Waals surface area contributed by atoms with Crippen LogP contribution in [0.15, 0.2) is 30.3 Å². The summed E-state index contributed by atoms with van der Waals surface area (Å²) in [6, 6.07) is 10.5. The van der Waals surface area contributed by atoms with Gasteiger partial charge in [-0.15, -0.1) is 0 Å². The third-order valence-corrected chi connectivity index (χ3v) is 5.41. The Hall–Kier alpha value is -1.39. The first-order valence-electron chi connectivity index (χ1n) is 9.07. The smallest absolute Gasteiger partial charge is 0.327 e. The van der Waals surface area contributed by atoms with Crippen LogP contribution < -0.4 is 5.73 Å². The van der Waals surface area contributed by atoms with Crippen molar-refractivity contribution in [2.24, 2.45) is 17.6 Å². The number of nitrogens with zero attached hydrogens (tertiary/aromatic N) is 1. The standard InChI is InChI=1S/C20H30N2O2/c1-19(2,3)24-18(23)20(21)16-10-7-11-17(20)14-22(13-16)12-15-8-5-4-6-9-15/h4-6,8-9,16-17H,7,10-14,21H2,1-3H3. The maximum absolute atomic E-state index is 12.8. The minimum Gasteiger partial charge on any atom is -0.459 e. The zero-order valence-electron chi connectivity index (χ0n) is 15.1. The molecule has 1 aromatic rings. The maximum atomic E-state index is 12.8. The topological polar surface area (TPSA) is 55.6 Å². The number of benzene rings is 1. The highest BCUT2D eigenvalue weighted by atomic mass is 16.6. The average Bonchev–Trinajstić information content (AvgIpc) is 2.47. The summed E-state index contributed by atoms with van der Waals surface area (Å²) in [6.07, 6.45) is 3.19. The summed E-state index contributed by atoms with van der Waals surface area (Å²) in [5.74, 6) is 0.163. The van der Waals surface area contributed by atoms with Crippen molar-refractivity contribution in [2.75, 3.05) is 13.1 Å². The Kier molecular flexibility index (Phi) is 4.71. The van der Waals surface area contributed by atoms with Crippen molar-refractivity contribution in [1.29, 1.82) is 0 Å². The maximum Gasteiger partial charge on any atom is 0.327 e. The third-order valence-electron chi connectivity index (χ3n) is 5.41. The first kappa shape index (κ1) is 17.4. The lowest BCUT2D eigenvalue weighted by atomic mass is 9.63. The molecule has 2 atom stereocenters. The normalized spacial score (nSPS) is 30.8. The number of hydrogen-bond donors (Lipinski definition) is 1. The van der Waals surface area contributed by atoms with Gasteiger partial charge in [0.25, 0.3) is 0 Å². The van der Waals surface area contributed by atoms with Crippen LogP contribution in [0.1, 0.15) is 45.6 Å². The number of carbonyl (C=O) groups excluding carboxylic acids is 1. The van der Waals surface area contributed by atoms with Gasteiger partial charge in [0.05, 0.1) is 0 Å². The number of piperidine rings is 1. The molecule has 1 aliphatic carbocycles. The summed E-state index contributed by atoms with van der Waals surface area (Å²) in [5.41, 5.74) is 6.72. The SMILES string of the molecule is CC(C)(C)OC(=O)C1(N)C2CCCC1CN(Cc1ccccc1)C2. The summed E-state index contributed by atoms with van der Waals surface area (Å²) < 4.78 is 5.69. The van der Waals surface area contributed by atoms with Crippen molar-refractivity contribution in [3.05, 3.63) is 35.9 Å². The van der Waals surface area contributed by atoms with Crippen molar-refractivity contribution >= 4 is 5.97 Å². The van der Waals surface area contributed by atoms with Gasteiger partial charge in [0.15, 0.2) is 0 Å². The van der Waals surface area contributed by atoms with Crippen molar-refractivity contribution in [1.82, 2.24) is 4.90 Å². The fourth-order valence-corrected chi connectivity index (χ4v) is 4.27. The van der Waals surface area contributed by atoms with Crippen LogP contribution in [0.2, 0.25) is 0 Å². The van der Waals surface area contributed by atoms with Crippen molar-refractivity contribution in [3.8, 4) is 0 Å². The van der Waals surface area contributed by atoms with Gasteiger partial charge in [-0.25, -0.2) is 0 Å². The van der Waals surface area contributed by atoms with Crippen molar-refractivity contribution < 1.29 is 9.53 Å². The van der Waals surface area contributed by atoms with Gasteiger partial charge in [-0.1, -0.05) is 36.8 Å². The molecule has 2 fully saturated rings. The van der Waals surface area contributed by atoms with E-state index in [9.17, 15) is 4.79 Å². The van der Waals surface area contributed by atoms with Crippen LogP contribution >= 0.6 is 0 Å². The van der Waals surface area contributed by atoms with Gasteiger partial charge in [-0.2, -0.15) is 0 Å². The Labute approximate surface area is 145 Å². The second-order valence-corrected chi connectivity index (χ2v) is 8.44. The van der Waals surface area contributed by atoms with Crippen molar-refractivity contribution in [2.45, 2.75) is 57.7 Å². The molecule has 2 aliphatic rings. The molecule has 24 heavy (non-hydrogen) atoms. The Bertz CT molecular complexity index is 565. The number of hydrogen-bond acceptors (Lipinski definition) is 4. The van der Waals surface area contributed by atoms with E-state index >= 15 is 0 Å². The van der Waals surface area contributed by atoms with Crippen molar-refractivity contribution in [3.63, 3.8) is 0 Å².